The van der Waals surface area contributed by atoms with E-state index in [-0.39, 0.29) is 43.1 Å². The number of fused-ring (bicyclic) bond motifs is 2. The van der Waals surface area contributed by atoms with Crippen molar-refractivity contribution in [3.05, 3.63) is 35.1 Å². The summed E-state index contributed by atoms with van der Waals surface area (Å²) in [5.74, 6) is -4.27. The quantitative estimate of drug-likeness (QED) is 0.546. The highest BCUT2D eigenvalue weighted by Crippen LogP contribution is 2.40. The number of rotatable bonds is 9. The predicted molar refractivity (Wildman–Crippen MR) is 113 cm³/mol. The number of nitrogens with zero attached hydrogens (tertiary/aromatic N) is 2. The lowest BCUT2D eigenvalue weighted by molar-refractivity contribution is -0.133. The van der Waals surface area contributed by atoms with Gasteiger partial charge in [-0.3, -0.25) is 4.79 Å². The van der Waals surface area contributed by atoms with E-state index in [0.717, 1.165) is 23.2 Å². The monoisotopic (exact) mass is 477 g/mol. The largest absolute Gasteiger partial charge is 0.383 e. The summed E-state index contributed by atoms with van der Waals surface area (Å²) < 4.78 is 71.7. The van der Waals surface area contributed by atoms with Crippen molar-refractivity contribution in [3.8, 4) is 0 Å². The van der Waals surface area contributed by atoms with Crippen LogP contribution in [-0.4, -0.2) is 74.7 Å². The molecule has 11 heteroatoms. The molecule has 1 amide bonds. The summed E-state index contributed by atoms with van der Waals surface area (Å²) in [5.41, 5.74) is 6.32. The maximum absolute atomic E-state index is 14.0. The molecule has 2 N–H and O–H groups in total. The first-order chi connectivity index (χ1) is 15.0. The summed E-state index contributed by atoms with van der Waals surface area (Å²) in [6.45, 7) is 0.396. The number of halogens is 3. The molecule has 0 aliphatic carbocycles. The standard InChI is InChI=1S/C21H30F3N3O4S/c1-26(5-6-31-2)32(29,30)12-21(28)27-15-3-4-16(27)8-14(7-15)20(25)10-13-9-18(23)19(24)11-17(13)22/h9,11,14-16,20H,3-8,10,12,25H2,1-2H3/t14?,15?,16?,20-/m1/s1. The second-order valence-electron chi connectivity index (χ2n) is 8.71. The number of carbonyl (C=O) groups is 1. The lowest BCUT2D eigenvalue weighted by Gasteiger charge is -2.41. The first-order valence-corrected chi connectivity index (χ1v) is 12.3. The van der Waals surface area contributed by atoms with Gasteiger partial charge in [0.15, 0.2) is 11.6 Å². The average molecular weight is 478 g/mol. The fraction of sp³-hybridized carbons (Fsp3) is 0.667. The molecule has 2 aliphatic rings. The van der Waals surface area contributed by atoms with Crippen molar-refractivity contribution in [2.75, 3.05) is 33.1 Å². The molecule has 1 aromatic rings. The smallest absolute Gasteiger partial charge is 0.239 e. The van der Waals surface area contributed by atoms with Gasteiger partial charge in [-0.25, -0.2) is 25.9 Å². The van der Waals surface area contributed by atoms with E-state index in [1.165, 1.54) is 14.2 Å². The Morgan fingerprint density at radius 1 is 1.19 bits per heavy atom. The van der Waals surface area contributed by atoms with Crippen molar-refractivity contribution in [2.45, 2.75) is 50.2 Å². The van der Waals surface area contributed by atoms with Crippen molar-refractivity contribution in [3.63, 3.8) is 0 Å². The Morgan fingerprint density at radius 2 is 1.78 bits per heavy atom. The molecule has 3 rings (SSSR count). The highest BCUT2D eigenvalue weighted by molar-refractivity contribution is 7.89. The number of methoxy groups -OCH3 is 1. The van der Waals surface area contributed by atoms with Crippen LogP contribution in [-0.2, 0) is 26.0 Å². The number of amides is 1. The minimum Gasteiger partial charge on any atom is -0.383 e. The van der Waals surface area contributed by atoms with Crippen molar-refractivity contribution in [1.29, 1.82) is 0 Å². The molecule has 2 saturated heterocycles. The van der Waals surface area contributed by atoms with Gasteiger partial charge in [0.05, 0.1) is 6.61 Å². The molecule has 7 nitrogen and oxygen atoms in total. The van der Waals surface area contributed by atoms with Crippen molar-refractivity contribution >= 4 is 15.9 Å². The van der Waals surface area contributed by atoms with Crippen LogP contribution < -0.4 is 5.73 Å². The van der Waals surface area contributed by atoms with Gasteiger partial charge in [-0.1, -0.05) is 0 Å². The second-order valence-corrected chi connectivity index (χ2v) is 10.8. The van der Waals surface area contributed by atoms with E-state index in [0.29, 0.717) is 18.9 Å². The molecule has 2 aliphatic heterocycles. The molecule has 1 aromatic carbocycles. The SMILES string of the molecule is COCCN(C)S(=O)(=O)CC(=O)N1C2CCC1CC([C@H](N)Cc1cc(F)c(F)cc1F)C2. The van der Waals surface area contributed by atoms with Gasteiger partial charge < -0.3 is 15.4 Å². The first-order valence-electron chi connectivity index (χ1n) is 10.7. The number of piperidine rings is 1. The number of benzene rings is 1. The average Bonchev–Trinajstić information content (AvgIpc) is 2.99. The number of hydrogen-bond acceptors (Lipinski definition) is 5. The van der Waals surface area contributed by atoms with Crippen LogP contribution in [0, 0.1) is 23.4 Å². The number of likely N-dealkylation sites (N-methyl/N-ethyl adjacent to an activating group) is 1. The summed E-state index contributed by atoms with van der Waals surface area (Å²) >= 11 is 0. The molecule has 2 bridgehead atoms. The van der Waals surface area contributed by atoms with Gasteiger partial charge in [-0.05, 0) is 49.7 Å². The molecule has 0 saturated carbocycles. The number of ether oxygens (including phenoxy) is 1. The highest BCUT2D eigenvalue weighted by atomic mass is 32.2. The Kier molecular flexibility index (Phi) is 7.85. The molecule has 0 spiro atoms. The van der Waals surface area contributed by atoms with E-state index >= 15 is 0 Å². The van der Waals surface area contributed by atoms with Gasteiger partial charge in [0.1, 0.15) is 11.6 Å². The molecule has 0 aromatic heterocycles. The van der Waals surface area contributed by atoms with Crippen LogP contribution in [0.5, 0.6) is 0 Å². The fourth-order valence-electron chi connectivity index (χ4n) is 4.82. The third-order valence-electron chi connectivity index (χ3n) is 6.60. The zero-order chi connectivity index (χ0) is 23.6. The van der Waals surface area contributed by atoms with Gasteiger partial charge in [-0.15, -0.1) is 0 Å². The zero-order valence-corrected chi connectivity index (χ0v) is 19.1. The maximum atomic E-state index is 14.0. The van der Waals surface area contributed by atoms with Crippen LogP contribution in [0.4, 0.5) is 13.2 Å². The van der Waals surface area contributed by atoms with E-state index in [1.807, 2.05) is 0 Å². The molecule has 2 fully saturated rings. The highest BCUT2D eigenvalue weighted by Gasteiger charge is 2.45. The zero-order valence-electron chi connectivity index (χ0n) is 18.3. The molecule has 2 unspecified atom stereocenters. The van der Waals surface area contributed by atoms with E-state index in [9.17, 15) is 26.4 Å². The van der Waals surface area contributed by atoms with Gasteiger partial charge in [0, 0.05) is 44.9 Å². The molecular formula is C21H30F3N3O4S. The minimum atomic E-state index is -3.75. The molecule has 32 heavy (non-hydrogen) atoms. The minimum absolute atomic E-state index is 0.0208. The summed E-state index contributed by atoms with van der Waals surface area (Å²) in [5, 5.41) is 0. The van der Waals surface area contributed by atoms with Gasteiger partial charge >= 0.3 is 0 Å². The topological polar surface area (TPSA) is 92.9 Å². The Labute approximate surface area is 186 Å². The van der Waals surface area contributed by atoms with E-state index in [1.54, 1.807) is 4.90 Å². The first kappa shape index (κ1) is 24.9. The van der Waals surface area contributed by atoms with Crippen LogP contribution >= 0.6 is 0 Å². The second kappa shape index (κ2) is 10.1. The van der Waals surface area contributed by atoms with Gasteiger partial charge in [-0.2, -0.15) is 0 Å². The summed E-state index contributed by atoms with van der Waals surface area (Å²) in [4.78, 5) is 14.5. The number of carbonyl (C=O) groups excluding carboxylic acids is 1. The van der Waals surface area contributed by atoms with Crippen LogP contribution in [0.15, 0.2) is 12.1 Å². The number of nitrogens with two attached hydrogens (primary N) is 1. The lowest BCUT2D eigenvalue weighted by Crippen LogP contribution is -2.52. The molecule has 0 radical (unpaired) electrons. The van der Waals surface area contributed by atoms with Gasteiger partial charge in [0.25, 0.3) is 0 Å². The summed E-state index contributed by atoms with van der Waals surface area (Å²) in [6, 6.07) is 0.603. The van der Waals surface area contributed by atoms with E-state index in [2.05, 4.69) is 0 Å². The third-order valence-corrected chi connectivity index (χ3v) is 8.34. The summed E-state index contributed by atoms with van der Waals surface area (Å²) in [6.07, 6.45) is 2.68. The Bertz CT molecular complexity index is 932. The molecule has 3 atom stereocenters. The Balaban J connectivity index is 1.62. The number of sulfonamides is 1. The van der Waals surface area contributed by atoms with Crippen molar-refractivity contribution in [1.82, 2.24) is 9.21 Å². The van der Waals surface area contributed by atoms with Gasteiger partial charge in [0.2, 0.25) is 15.9 Å². The Hall–Kier alpha value is -1.69. The van der Waals surface area contributed by atoms with Crippen molar-refractivity contribution < 1.29 is 31.1 Å². The van der Waals surface area contributed by atoms with E-state index in [4.69, 9.17) is 10.5 Å². The van der Waals surface area contributed by atoms with Crippen LogP contribution in [0.2, 0.25) is 0 Å². The van der Waals surface area contributed by atoms with Crippen LogP contribution in [0.3, 0.4) is 0 Å². The third kappa shape index (κ3) is 5.44. The summed E-state index contributed by atoms with van der Waals surface area (Å²) in [7, 11) is -0.867. The Morgan fingerprint density at radius 3 is 2.38 bits per heavy atom. The number of hydrogen-bond donors (Lipinski definition) is 1. The molecule has 2 heterocycles. The molecular weight excluding hydrogens is 447 g/mol. The maximum Gasteiger partial charge on any atom is 0.239 e. The van der Waals surface area contributed by atoms with E-state index < -0.39 is 45.2 Å². The van der Waals surface area contributed by atoms with Crippen molar-refractivity contribution in [2.24, 2.45) is 11.7 Å². The van der Waals surface area contributed by atoms with Crippen LogP contribution in [0.25, 0.3) is 0 Å². The lowest BCUT2D eigenvalue weighted by atomic mass is 9.82. The normalized spacial score (nSPS) is 24.2. The van der Waals surface area contributed by atoms with Crippen LogP contribution in [0.1, 0.15) is 31.2 Å². The fourth-order valence-corrected chi connectivity index (χ4v) is 5.85. The predicted octanol–water partition coefficient (Wildman–Crippen LogP) is 1.65. The molecule has 180 valence electrons.